The van der Waals surface area contributed by atoms with Crippen molar-refractivity contribution in [2.45, 2.75) is 6.92 Å². The molecule has 0 spiro atoms. The maximum atomic E-state index is 12.9. The quantitative estimate of drug-likeness (QED) is 0.905. The van der Waals surface area contributed by atoms with E-state index in [2.05, 4.69) is 4.98 Å². The highest BCUT2D eigenvalue weighted by atomic mass is 19.1. The largest absolute Gasteiger partial charge is 0.478 e. The number of nitrogens with zero attached hydrogens (tertiary/aromatic N) is 1. The van der Waals surface area contributed by atoms with E-state index in [-0.39, 0.29) is 11.4 Å². The highest BCUT2D eigenvalue weighted by Crippen LogP contribution is 2.25. The van der Waals surface area contributed by atoms with Crippen molar-refractivity contribution in [3.05, 3.63) is 53.6 Å². The molecule has 0 atom stereocenters. The highest BCUT2D eigenvalue weighted by molar-refractivity contribution is 5.87. The van der Waals surface area contributed by atoms with E-state index in [1.165, 1.54) is 36.7 Å². The number of hydrogen-bond donors (Lipinski definition) is 1. The molecular weight excluding hydrogens is 237 g/mol. The number of halogens is 1. The minimum atomic E-state index is -1.08. The Morgan fingerprint density at radius 3 is 2.78 bits per heavy atom. The molecule has 0 fully saturated rings. The summed E-state index contributed by atoms with van der Waals surface area (Å²) in [7, 11) is 0. The van der Waals surface area contributed by atoms with Crippen molar-refractivity contribution >= 4 is 5.97 Å². The van der Waals surface area contributed by atoms with Gasteiger partial charge in [-0.25, -0.2) is 9.18 Å². The number of benzene rings is 1. The summed E-state index contributed by atoms with van der Waals surface area (Å²) in [5.41, 5.74) is 0.656. The van der Waals surface area contributed by atoms with Crippen LogP contribution in [0.3, 0.4) is 0 Å². The molecule has 4 nitrogen and oxygen atoms in total. The number of carbonyl (C=O) groups is 1. The van der Waals surface area contributed by atoms with Gasteiger partial charge < -0.3 is 9.84 Å². The first-order valence-electron chi connectivity index (χ1n) is 5.18. The molecule has 0 saturated heterocycles. The molecule has 0 radical (unpaired) electrons. The molecule has 0 unspecified atom stereocenters. The van der Waals surface area contributed by atoms with Crippen molar-refractivity contribution in [3.63, 3.8) is 0 Å². The number of aryl methyl sites for hydroxylation is 1. The molecule has 0 aliphatic heterocycles. The molecule has 0 aliphatic carbocycles. The first-order valence-corrected chi connectivity index (χ1v) is 5.18. The second-order valence-electron chi connectivity index (χ2n) is 3.73. The van der Waals surface area contributed by atoms with Crippen LogP contribution in [0, 0.1) is 12.7 Å². The molecule has 2 rings (SSSR count). The minimum Gasteiger partial charge on any atom is -0.478 e. The molecular formula is C13H10FNO3. The van der Waals surface area contributed by atoms with Crippen LogP contribution in [0.4, 0.5) is 4.39 Å². The lowest BCUT2D eigenvalue weighted by atomic mass is 10.2. The summed E-state index contributed by atoms with van der Waals surface area (Å²) in [6.07, 6.45) is 2.63. The van der Waals surface area contributed by atoms with Crippen LogP contribution >= 0.6 is 0 Å². The average molecular weight is 247 g/mol. The van der Waals surface area contributed by atoms with Crippen molar-refractivity contribution in [2.24, 2.45) is 0 Å². The van der Waals surface area contributed by atoms with Crippen LogP contribution in [0.15, 0.2) is 36.7 Å². The molecule has 0 bridgehead atoms. The predicted octanol–water partition coefficient (Wildman–Crippen LogP) is 3.02. The Kier molecular flexibility index (Phi) is 3.23. The Bertz CT molecular complexity index is 599. The van der Waals surface area contributed by atoms with Gasteiger partial charge in [0.1, 0.15) is 17.3 Å². The smallest absolute Gasteiger partial charge is 0.337 e. The molecule has 1 heterocycles. The number of carboxylic acid groups (broad SMARTS) is 1. The van der Waals surface area contributed by atoms with Crippen LogP contribution in [0.2, 0.25) is 0 Å². The summed E-state index contributed by atoms with van der Waals surface area (Å²) < 4.78 is 18.4. The van der Waals surface area contributed by atoms with Crippen LogP contribution in [0.1, 0.15) is 15.9 Å². The molecule has 18 heavy (non-hydrogen) atoms. The lowest BCUT2D eigenvalue weighted by Crippen LogP contribution is -1.98. The third-order valence-electron chi connectivity index (χ3n) is 2.32. The molecule has 0 aliphatic rings. The van der Waals surface area contributed by atoms with E-state index in [9.17, 15) is 9.18 Å². The number of aromatic nitrogens is 1. The maximum Gasteiger partial charge on any atom is 0.337 e. The van der Waals surface area contributed by atoms with E-state index < -0.39 is 5.97 Å². The Balaban J connectivity index is 2.28. The summed E-state index contributed by atoms with van der Waals surface area (Å²) >= 11 is 0. The molecule has 2 aromatic rings. The Morgan fingerprint density at radius 1 is 1.33 bits per heavy atom. The van der Waals surface area contributed by atoms with Crippen molar-refractivity contribution in [1.29, 1.82) is 0 Å². The molecule has 0 amide bonds. The molecule has 1 aromatic carbocycles. The highest BCUT2D eigenvalue weighted by Gasteiger charge is 2.07. The summed E-state index contributed by atoms with van der Waals surface area (Å²) in [5.74, 6) is -0.675. The fraction of sp³-hybridized carbons (Fsp3) is 0.0769. The topological polar surface area (TPSA) is 59.4 Å². The Morgan fingerprint density at radius 2 is 2.11 bits per heavy atom. The molecule has 1 N–H and O–H groups in total. The predicted molar refractivity (Wildman–Crippen MR) is 62.4 cm³/mol. The van der Waals surface area contributed by atoms with Crippen molar-refractivity contribution < 1.29 is 19.0 Å². The van der Waals surface area contributed by atoms with Crippen LogP contribution in [-0.2, 0) is 0 Å². The van der Waals surface area contributed by atoms with Crippen molar-refractivity contribution in [3.8, 4) is 11.5 Å². The third kappa shape index (κ3) is 2.63. The monoisotopic (exact) mass is 247 g/mol. The first kappa shape index (κ1) is 12.0. The van der Waals surface area contributed by atoms with Crippen molar-refractivity contribution in [1.82, 2.24) is 4.98 Å². The number of carboxylic acids is 1. The van der Waals surface area contributed by atoms with E-state index in [0.29, 0.717) is 17.1 Å². The van der Waals surface area contributed by atoms with Gasteiger partial charge in [0.2, 0.25) is 0 Å². The molecule has 1 aromatic heterocycles. The van der Waals surface area contributed by atoms with Crippen molar-refractivity contribution in [2.75, 3.05) is 0 Å². The second kappa shape index (κ2) is 4.83. The summed E-state index contributed by atoms with van der Waals surface area (Å²) in [6.45, 7) is 1.70. The van der Waals surface area contributed by atoms with Gasteiger partial charge in [0, 0.05) is 6.20 Å². The van der Waals surface area contributed by atoms with Crippen LogP contribution in [0.25, 0.3) is 0 Å². The normalized spacial score (nSPS) is 10.1. The van der Waals surface area contributed by atoms with E-state index in [0.717, 1.165) is 0 Å². The third-order valence-corrected chi connectivity index (χ3v) is 2.32. The summed E-state index contributed by atoms with van der Waals surface area (Å²) in [4.78, 5) is 14.5. The van der Waals surface area contributed by atoms with Gasteiger partial charge in [-0.05, 0) is 36.8 Å². The summed E-state index contributed by atoms with van der Waals surface area (Å²) in [5, 5.41) is 8.82. The van der Waals surface area contributed by atoms with Gasteiger partial charge in [0.05, 0.1) is 11.8 Å². The Hall–Kier alpha value is -2.43. The number of pyridine rings is 1. The zero-order valence-corrected chi connectivity index (χ0v) is 9.55. The SMILES string of the molecule is Cc1cc(F)ccc1Oc1cncc(C(=O)O)c1. The van der Waals surface area contributed by atoms with Gasteiger partial charge in [-0.3, -0.25) is 4.98 Å². The zero-order valence-electron chi connectivity index (χ0n) is 9.55. The van der Waals surface area contributed by atoms with Crippen LogP contribution in [0.5, 0.6) is 11.5 Å². The molecule has 5 heteroatoms. The molecule has 92 valence electrons. The number of ether oxygens (including phenoxy) is 1. The maximum absolute atomic E-state index is 12.9. The second-order valence-corrected chi connectivity index (χ2v) is 3.73. The average Bonchev–Trinajstić information content (AvgIpc) is 2.33. The standard InChI is InChI=1S/C13H10FNO3/c1-8-4-10(14)2-3-12(8)18-11-5-9(13(16)17)6-15-7-11/h2-7H,1H3,(H,16,17). The van der Waals surface area contributed by atoms with Gasteiger partial charge in [0.25, 0.3) is 0 Å². The van der Waals surface area contributed by atoms with Gasteiger partial charge in [-0.15, -0.1) is 0 Å². The number of rotatable bonds is 3. The first-order chi connectivity index (χ1) is 8.56. The van der Waals surface area contributed by atoms with Gasteiger partial charge in [0.15, 0.2) is 0 Å². The number of hydrogen-bond acceptors (Lipinski definition) is 3. The van der Waals surface area contributed by atoms with Crippen LogP contribution < -0.4 is 4.74 Å². The van der Waals surface area contributed by atoms with E-state index in [1.807, 2.05) is 0 Å². The number of aromatic carboxylic acids is 1. The van der Waals surface area contributed by atoms with Gasteiger partial charge in [-0.1, -0.05) is 0 Å². The molecule has 0 saturated carbocycles. The summed E-state index contributed by atoms with van der Waals surface area (Å²) in [6, 6.07) is 5.46. The van der Waals surface area contributed by atoms with E-state index in [4.69, 9.17) is 9.84 Å². The zero-order chi connectivity index (χ0) is 13.1. The van der Waals surface area contributed by atoms with Gasteiger partial charge in [-0.2, -0.15) is 0 Å². The van der Waals surface area contributed by atoms with E-state index >= 15 is 0 Å². The Labute approximate surface area is 103 Å². The van der Waals surface area contributed by atoms with Gasteiger partial charge >= 0.3 is 5.97 Å². The fourth-order valence-electron chi connectivity index (χ4n) is 1.45. The van der Waals surface area contributed by atoms with Crippen LogP contribution in [-0.4, -0.2) is 16.1 Å². The lowest BCUT2D eigenvalue weighted by molar-refractivity contribution is 0.0696. The fourth-order valence-corrected chi connectivity index (χ4v) is 1.45. The minimum absolute atomic E-state index is 0.0345. The lowest BCUT2D eigenvalue weighted by Gasteiger charge is -2.08. The van der Waals surface area contributed by atoms with E-state index in [1.54, 1.807) is 6.92 Å².